The number of hydrogen-bond donors (Lipinski definition) is 1. The van der Waals surface area contributed by atoms with Gasteiger partial charge in [-0.15, -0.1) is 0 Å². The molecule has 9 heteroatoms. The van der Waals surface area contributed by atoms with E-state index in [0.29, 0.717) is 31.7 Å². The number of anilines is 1. The lowest BCUT2D eigenvalue weighted by Crippen LogP contribution is -2.51. The minimum Gasteiger partial charge on any atom is -0.353 e. The van der Waals surface area contributed by atoms with E-state index in [4.69, 9.17) is 0 Å². The quantitative estimate of drug-likeness (QED) is 0.689. The van der Waals surface area contributed by atoms with E-state index in [0.717, 1.165) is 11.6 Å². The van der Waals surface area contributed by atoms with Crippen LogP contribution >= 0.6 is 0 Å². The van der Waals surface area contributed by atoms with Crippen LogP contribution in [0.1, 0.15) is 10.4 Å². The third-order valence-corrected chi connectivity index (χ3v) is 4.80. The van der Waals surface area contributed by atoms with E-state index in [1.54, 1.807) is 41.7 Å². The molecule has 1 N–H and O–H groups in total. The minimum absolute atomic E-state index is 0.00792. The van der Waals surface area contributed by atoms with Gasteiger partial charge >= 0.3 is 0 Å². The van der Waals surface area contributed by atoms with Gasteiger partial charge in [-0.2, -0.15) is 0 Å². The average Bonchev–Trinajstić information content (AvgIpc) is 3.33. The molecule has 0 unspecified atom stereocenters. The number of amides is 2. The first-order valence-electron chi connectivity index (χ1n) is 9.37. The molecule has 0 aliphatic carbocycles. The fourth-order valence-corrected chi connectivity index (χ4v) is 3.19. The second-order valence-electron chi connectivity index (χ2n) is 6.62. The van der Waals surface area contributed by atoms with Crippen LogP contribution in [0.25, 0.3) is 5.82 Å². The van der Waals surface area contributed by atoms with Crippen molar-refractivity contribution in [2.75, 3.05) is 37.6 Å². The molecule has 148 valence electrons. The van der Waals surface area contributed by atoms with Gasteiger partial charge in [0, 0.05) is 50.2 Å². The minimum atomic E-state index is -0.245. The summed E-state index contributed by atoms with van der Waals surface area (Å²) in [6.45, 7) is 2.47. The van der Waals surface area contributed by atoms with Crippen molar-refractivity contribution in [1.29, 1.82) is 0 Å². The van der Waals surface area contributed by atoms with Gasteiger partial charge in [-0.25, -0.2) is 15.0 Å². The van der Waals surface area contributed by atoms with Crippen LogP contribution in [0.3, 0.4) is 0 Å². The Morgan fingerprint density at radius 3 is 2.48 bits per heavy atom. The lowest BCUT2D eigenvalue weighted by Gasteiger charge is -2.35. The molecular formula is C20H21N7O2. The molecule has 4 rings (SSSR count). The van der Waals surface area contributed by atoms with Crippen molar-refractivity contribution < 1.29 is 9.59 Å². The van der Waals surface area contributed by atoms with Crippen LogP contribution in [0.2, 0.25) is 0 Å². The summed E-state index contributed by atoms with van der Waals surface area (Å²) in [6, 6.07) is 10.8. The first-order chi connectivity index (χ1) is 14.2. The van der Waals surface area contributed by atoms with Gasteiger partial charge in [0.25, 0.3) is 5.91 Å². The van der Waals surface area contributed by atoms with Gasteiger partial charge in [-0.05, 0) is 12.1 Å². The van der Waals surface area contributed by atoms with E-state index in [2.05, 4.69) is 25.2 Å². The van der Waals surface area contributed by atoms with Crippen molar-refractivity contribution in [2.45, 2.75) is 0 Å². The molecule has 1 aromatic carbocycles. The largest absolute Gasteiger partial charge is 0.353 e. The molecule has 1 aliphatic rings. The fourth-order valence-electron chi connectivity index (χ4n) is 3.19. The van der Waals surface area contributed by atoms with Gasteiger partial charge in [0.15, 0.2) is 0 Å². The zero-order chi connectivity index (χ0) is 20.1. The van der Waals surface area contributed by atoms with Gasteiger partial charge in [0.05, 0.1) is 6.54 Å². The predicted molar refractivity (Wildman–Crippen MR) is 107 cm³/mol. The summed E-state index contributed by atoms with van der Waals surface area (Å²) in [7, 11) is 0. The van der Waals surface area contributed by atoms with Gasteiger partial charge in [0.2, 0.25) is 5.91 Å². The molecule has 3 aromatic rings. The highest BCUT2D eigenvalue weighted by molar-refractivity contribution is 5.96. The maximum absolute atomic E-state index is 12.4. The van der Waals surface area contributed by atoms with Gasteiger partial charge < -0.3 is 15.1 Å². The Bertz CT molecular complexity index is 968. The van der Waals surface area contributed by atoms with Crippen LogP contribution in [0, 0.1) is 0 Å². The van der Waals surface area contributed by atoms with Crippen LogP contribution in [-0.2, 0) is 4.79 Å². The van der Waals surface area contributed by atoms with Crippen molar-refractivity contribution >= 4 is 17.6 Å². The maximum Gasteiger partial charge on any atom is 0.251 e. The molecule has 3 heterocycles. The summed E-state index contributed by atoms with van der Waals surface area (Å²) in [4.78, 5) is 41.1. The summed E-state index contributed by atoms with van der Waals surface area (Å²) in [5.74, 6) is 1.23. The normalized spacial score (nSPS) is 13.9. The number of aromatic nitrogens is 4. The molecule has 1 fully saturated rings. The fraction of sp³-hybridized carbons (Fsp3) is 0.250. The number of imidazole rings is 1. The number of piperazine rings is 1. The van der Waals surface area contributed by atoms with Crippen molar-refractivity contribution in [1.82, 2.24) is 29.7 Å². The Hall–Kier alpha value is -3.75. The van der Waals surface area contributed by atoms with Crippen molar-refractivity contribution in [3.63, 3.8) is 0 Å². The van der Waals surface area contributed by atoms with Crippen LogP contribution < -0.4 is 10.2 Å². The number of nitrogens with zero attached hydrogens (tertiary/aromatic N) is 6. The van der Waals surface area contributed by atoms with Crippen molar-refractivity contribution in [3.8, 4) is 5.82 Å². The summed E-state index contributed by atoms with van der Waals surface area (Å²) < 4.78 is 1.82. The predicted octanol–water partition coefficient (Wildman–Crippen LogP) is 0.741. The summed E-state index contributed by atoms with van der Waals surface area (Å²) in [5.41, 5.74) is 0.544. The molecular weight excluding hydrogens is 370 g/mol. The Morgan fingerprint density at radius 1 is 1.00 bits per heavy atom. The van der Waals surface area contributed by atoms with Crippen LogP contribution in [0.4, 0.5) is 5.82 Å². The number of benzene rings is 1. The molecule has 9 nitrogen and oxygen atoms in total. The standard InChI is InChI=1S/C20H21N7O2/c28-19(13-22-20(29)16-4-2-1-3-5-16)26-10-8-25(9-11-26)17-12-18(24-14-23-17)27-7-6-21-15-27/h1-7,12,14-15H,8-11,13H2,(H,22,29). The highest BCUT2D eigenvalue weighted by Crippen LogP contribution is 2.16. The van der Waals surface area contributed by atoms with Gasteiger partial charge in [-0.1, -0.05) is 18.2 Å². The number of nitrogens with one attached hydrogen (secondary N) is 1. The zero-order valence-corrected chi connectivity index (χ0v) is 15.8. The van der Waals surface area contributed by atoms with Crippen LogP contribution in [0.5, 0.6) is 0 Å². The van der Waals surface area contributed by atoms with Crippen LogP contribution in [0.15, 0.2) is 61.4 Å². The van der Waals surface area contributed by atoms with E-state index in [9.17, 15) is 9.59 Å². The molecule has 0 spiro atoms. The number of rotatable bonds is 5. The third kappa shape index (κ3) is 4.40. The summed E-state index contributed by atoms with van der Waals surface area (Å²) >= 11 is 0. The highest BCUT2D eigenvalue weighted by Gasteiger charge is 2.22. The maximum atomic E-state index is 12.4. The second-order valence-corrected chi connectivity index (χ2v) is 6.62. The Kier molecular flexibility index (Phi) is 5.46. The Balaban J connectivity index is 1.30. The van der Waals surface area contributed by atoms with Crippen molar-refractivity contribution in [2.24, 2.45) is 0 Å². The molecule has 0 atom stereocenters. The first-order valence-corrected chi connectivity index (χ1v) is 9.37. The Labute approximate surface area is 168 Å². The molecule has 1 saturated heterocycles. The third-order valence-electron chi connectivity index (χ3n) is 4.80. The van der Waals surface area contributed by atoms with E-state index < -0.39 is 0 Å². The van der Waals surface area contributed by atoms with E-state index in [1.165, 1.54) is 6.33 Å². The summed E-state index contributed by atoms with van der Waals surface area (Å²) in [6.07, 6.45) is 6.74. The highest BCUT2D eigenvalue weighted by atomic mass is 16.2. The second kappa shape index (κ2) is 8.51. The zero-order valence-electron chi connectivity index (χ0n) is 15.8. The van der Waals surface area contributed by atoms with Crippen LogP contribution in [-0.4, -0.2) is 69.0 Å². The molecule has 29 heavy (non-hydrogen) atoms. The Morgan fingerprint density at radius 2 is 1.76 bits per heavy atom. The molecule has 1 aliphatic heterocycles. The SMILES string of the molecule is O=C(NCC(=O)N1CCN(c2cc(-n3ccnc3)ncn2)CC1)c1ccccc1. The van der Waals surface area contributed by atoms with Gasteiger partial charge in [-0.3, -0.25) is 14.2 Å². The lowest BCUT2D eigenvalue weighted by atomic mass is 10.2. The first kappa shape index (κ1) is 18.6. The number of hydrogen-bond acceptors (Lipinski definition) is 6. The van der Waals surface area contributed by atoms with E-state index in [-0.39, 0.29) is 18.4 Å². The molecule has 2 amide bonds. The number of carbonyl (C=O) groups excluding carboxylic acids is 2. The smallest absolute Gasteiger partial charge is 0.251 e. The van der Waals surface area contributed by atoms with E-state index >= 15 is 0 Å². The molecule has 0 bridgehead atoms. The topological polar surface area (TPSA) is 96.2 Å². The molecule has 0 saturated carbocycles. The average molecular weight is 391 g/mol. The number of carbonyl (C=O) groups is 2. The lowest BCUT2D eigenvalue weighted by molar-refractivity contribution is -0.130. The van der Waals surface area contributed by atoms with E-state index in [1.807, 2.05) is 22.9 Å². The summed E-state index contributed by atoms with van der Waals surface area (Å²) in [5, 5.41) is 2.69. The van der Waals surface area contributed by atoms with Crippen molar-refractivity contribution in [3.05, 3.63) is 67.0 Å². The monoisotopic (exact) mass is 391 g/mol. The molecule has 2 aromatic heterocycles. The molecule has 0 radical (unpaired) electrons. The van der Waals surface area contributed by atoms with Gasteiger partial charge in [0.1, 0.15) is 24.3 Å².